The molecule has 0 radical (unpaired) electrons. The summed E-state index contributed by atoms with van der Waals surface area (Å²) < 4.78 is 0. The fraction of sp³-hybridized carbons (Fsp3) is 0.933. The SMILES string of the molecule is CC1CCC(N)CC1C(=O)N(C)CC1CCN(C)C1. The van der Waals surface area contributed by atoms with Gasteiger partial charge >= 0.3 is 0 Å². The summed E-state index contributed by atoms with van der Waals surface area (Å²) in [5, 5.41) is 0. The van der Waals surface area contributed by atoms with Crippen molar-refractivity contribution in [2.45, 2.75) is 38.6 Å². The van der Waals surface area contributed by atoms with Crippen LogP contribution in [0.15, 0.2) is 0 Å². The Morgan fingerprint density at radius 2 is 2.11 bits per heavy atom. The average Bonchev–Trinajstić information content (AvgIpc) is 2.77. The van der Waals surface area contributed by atoms with Crippen LogP contribution in [0.5, 0.6) is 0 Å². The summed E-state index contributed by atoms with van der Waals surface area (Å²) in [5.74, 6) is 1.60. The summed E-state index contributed by atoms with van der Waals surface area (Å²) in [5.41, 5.74) is 6.03. The molecule has 4 heteroatoms. The highest BCUT2D eigenvalue weighted by Crippen LogP contribution is 2.30. The Bertz CT molecular complexity index is 321. The van der Waals surface area contributed by atoms with E-state index >= 15 is 0 Å². The van der Waals surface area contributed by atoms with Crippen LogP contribution in [0.25, 0.3) is 0 Å². The van der Waals surface area contributed by atoms with Crippen LogP contribution in [-0.2, 0) is 4.79 Å². The van der Waals surface area contributed by atoms with E-state index in [-0.39, 0.29) is 12.0 Å². The van der Waals surface area contributed by atoms with Crippen LogP contribution >= 0.6 is 0 Å². The zero-order chi connectivity index (χ0) is 14.0. The first-order valence-electron chi connectivity index (χ1n) is 7.66. The topological polar surface area (TPSA) is 49.6 Å². The van der Waals surface area contributed by atoms with E-state index in [1.54, 1.807) is 0 Å². The summed E-state index contributed by atoms with van der Waals surface area (Å²) in [6.45, 7) is 5.39. The van der Waals surface area contributed by atoms with Gasteiger partial charge in [0.25, 0.3) is 0 Å². The lowest BCUT2D eigenvalue weighted by Gasteiger charge is -2.34. The van der Waals surface area contributed by atoms with Crippen molar-refractivity contribution in [1.82, 2.24) is 9.80 Å². The Hall–Kier alpha value is -0.610. The predicted octanol–water partition coefficient (Wildman–Crippen LogP) is 1.16. The van der Waals surface area contributed by atoms with E-state index in [2.05, 4.69) is 18.9 Å². The number of nitrogens with zero attached hydrogens (tertiary/aromatic N) is 2. The molecule has 0 aromatic rings. The molecule has 1 aliphatic carbocycles. The Morgan fingerprint density at radius 1 is 1.37 bits per heavy atom. The lowest BCUT2D eigenvalue weighted by atomic mass is 9.77. The third kappa shape index (κ3) is 3.69. The molecule has 0 bridgehead atoms. The van der Waals surface area contributed by atoms with Crippen molar-refractivity contribution in [1.29, 1.82) is 0 Å². The second kappa shape index (κ2) is 6.23. The standard InChI is InChI=1S/C15H29N3O/c1-11-4-5-13(16)8-14(11)15(19)18(3)10-12-6-7-17(2)9-12/h11-14H,4-10,16H2,1-3H3. The van der Waals surface area contributed by atoms with Crippen molar-refractivity contribution < 1.29 is 4.79 Å². The smallest absolute Gasteiger partial charge is 0.225 e. The van der Waals surface area contributed by atoms with E-state index < -0.39 is 0 Å². The Labute approximate surface area is 117 Å². The van der Waals surface area contributed by atoms with Crippen molar-refractivity contribution >= 4 is 5.91 Å². The Kier molecular flexibility index (Phi) is 4.85. The average molecular weight is 267 g/mol. The summed E-state index contributed by atoms with van der Waals surface area (Å²) in [6, 6.07) is 0.219. The molecule has 110 valence electrons. The number of hydrogen-bond acceptors (Lipinski definition) is 3. The number of rotatable bonds is 3. The molecule has 0 aromatic heterocycles. The number of amides is 1. The molecule has 0 aromatic carbocycles. The van der Waals surface area contributed by atoms with Crippen molar-refractivity contribution in [2.75, 3.05) is 33.7 Å². The first kappa shape index (κ1) is 14.8. The monoisotopic (exact) mass is 267 g/mol. The van der Waals surface area contributed by atoms with Crippen LogP contribution < -0.4 is 5.73 Å². The van der Waals surface area contributed by atoms with Crippen LogP contribution in [0.4, 0.5) is 0 Å². The molecule has 4 unspecified atom stereocenters. The predicted molar refractivity (Wildman–Crippen MR) is 77.7 cm³/mol. The minimum absolute atomic E-state index is 0.146. The van der Waals surface area contributed by atoms with Crippen LogP contribution in [0, 0.1) is 17.8 Å². The Morgan fingerprint density at radius 3 is 2.74 bits per heavy atom. The number of carbonyl (C=O) groups excluding carboxylic acids is 1. The molecular formula is C15H29N3O. The van der Waals surface area contributed by atoms with Gasteiger partial charge in [-0.2, -0.15) is 0 Å². The quantitative estimate of drug-likeness (QED) is 0.835. The summed E-state index contributed by atoms with van der Waals surface area (Å²) in [7, 11) is 4.12. The lowest BCUT2D eigenvalue weighted by Crippen LogP contribution is -2.43. The molecular weight excluding hydrogens is 238 g/mol. The zero-order valence-corrected chi connectivity index (χ0v) is 12.6. The minimum Gasteiger partial charge on any atom is -0.345 e. The van der Waals surface area contributed by atoms with Gasteiger partial charge in [-0.15, -0.1) is 0 Å². The maximum absolute atomic E-state index is 12.6. The molecule has 4 nitrogen and oxygen atoms in total. The van der Waals surface area contributed by atoms with E-state index in [0.29, 0.717) is 17.7 Å². The molecule has 2 aliphatic rings. The van der Waals surface area contributed by atoms with Gasteiger partial charge in [0.15, 0.2) is 0 Å². The Balaban J connectivity index is 1.87. The molecule has 1 aliphatic heterocycles. The molecule has 19 heavy (non-hydrogen) atoms. The van der Waals surface area contributed by atoms with E-state index in [4.69, 9.17) is 5.73 Å². The lowest BCUT2D eigenvalue weighted by molar-refractivity contribution is -0.137. The van der Waals surface area contributed by atoms with Gasteiger partial charge in [0.05, 0.1) is 0 Å². The van der Waals surface area contributed by atoms with Gasteiger partial charge in [0, 0.05) is 32.1 Å². The van der Waals surface area contributed by atoms with E-state index in [1.807, 2.05) is 11.9 Å². The van der Waals surface area contributed by atoms with Gasteiger partial charge < -0.3 is 15.5 Å². The van der Waals surface area contributed by atoms with Crippen LogP contribution in [0.1, 0.15) is 32.6 Å². The molecule has 2 rings (SSSR count). The fourth-order valence-corrected chi connectivity index (χ4v) is 3.63. The van der Waals surface area contributed by atoms with Crippen LogP contribution in [0.2, 0.25) is 0 Å². The highest BCUT2D eigenvalue weighted by atomic mass is 16.2. The molecule has 4 atom stereocenters. The first-order chi connectivity index (χ1) is 8.97. The number of likely N-dealkylation sites (tertiary alicyclic amines) is 1. The van der Waals surface area contributed by atoms with Crippen molar-refractivity contribution in [3.63, 3.8) is 0 Å². The third-order valence-electron chi connectivity index (χ3n) is 4.95. The van der Waals surface area contributed by atoms with Crippen molar-refractivity contribution in [2.24, 2.45) is 23.5 Å². The van der Waals surface area contributed by atoms with E-state index in [9.17, 15) is 4.79 Å². The van der Waals surface area contributed by atoms with E-state index in [0.717, 1.165) is 38.9 Å². The van der Waals surface area contributed by atoms with Crippen molar-refractivity contribution in [3.05, 3.63) is 0 Å². The largest absolute Gasteiger partial charge is 0.345 e. The highest BCUT2D eigenvalue weighted by molar-refractivity contribution is 5.79. The minimum atomic E-state index is 0.146. The van der Waals surface area contributed by atoms with Gasteiger partial charge in [0.2, 0.25) is 5.91 Å². The van der Waals surface area contributed by atoms with Crippen LogP contribution in [-0.4, -0.2) is 55.5 Å². The van der Waals surface area contributed by atoms with Gasteiger partial charge in [-0.1, -0.05) is 6.92 Å². The van der Waals surface area contributed by atoms with Gasteiger partial charge in [-0.3, -0.25) is 4.79 Å². The van der Waals surface area contributed by atoms with Crippen molar-refractivity contribution in [3.8, 4) is 0 Å². The second-order valence-corrected chi connectivity index (χ2v) is 6.79. The molecule has 2 N–H and O–H groups in total. The molecule has 2 fully saturated rings. The molecule has 1 heterocycles. The number of nitrogens with two attached hydrogens (primary N) is 1. The maximum Gasteiger partial charge on any atom is 0.225 e. The fourth-order valence-electron chi connectivity index (χ4n) is 3.63. The third-order valence-corrected chi connectivity index (χ3v) is 4.95. The summed E-state index contributed by atoms with van der Waals surface area (Å²) in [6.07, 6.45) is 4.25. The normalized spacial score (nSPS) is 36.4. The van der Waals surface area contributed by atoms with Gasteiger partial charge in [-0.05, 0) is 51.1 Å². The zero-order valence-electron chi connectivity index (χ0n) is 12.6. The number of carbonyl (C=O) groups is 1. The number of hydrogen-bond donors (Lipinski definition) is 1. The highest BCUT2D eigenvalue weighted by Gasteiger charge is 2.34. The van der Waals surface area contributed by atoms with E-state index in [1.165, 1.54) is 6.42 Å². The van der Waals surface area contributed by atoms with Gasteiger partial charge in [0.1, 0.15) is 0 Å². The molecule has 1 saturated heterocycles. The first-order valence-corrected chi connectivity index (χ1v) is 7.66. The van der Waals surface area contributed by atoms with Crippen LogP contribution in [0.3, 0.4) is 0 Å². The molecule has 0 spiro atoms. The summed E-state index contributed by atoms with van der Waals surface area (Å²) in [4.78, 5) is 16.9. The maximum atomic E-state index is 12.6. The molecule has 1 saturated carbocycles. The second-order valence-electron chi connectivity index (χ2n) is 6.79. The summed E-state index contributed by atoms with van der Waals surface area (Å²) >= 11 is 0. The molecule has 1 amide bonds. The van der Waals surface area contributed by atoms with Gasteiger partial charge in [-0.25, -0.2) is 0 Å².